The van der Waals surface area contributed by atoms with Gasteiger partial charge >= 0.3 is 0 Å². The first-order chi connectivity index (χ1) is 6.66. The van der Waals surface area contributed by atoms with E-state index < -0.39 is 4.92 Å². The molecule has 1 N–H and O–H groups in total. The largest absolute Gasteiger partial charge is 0.389 e. The molecule has 14 heavy (non-hydrogen) atoms. The number of nitro benzene ring substituents is 1. The molecule has 0 spiro atoms. The lowest BCUT2D eigenvalue weighted by atomic mass is 10.1. The maximum atomic E-state index is 10.4. The third-order valence-electron chi connectivity index (χ3n) is 2.29. The molecule has 0 saturated carbocycles. The second-order valence-corrected chi connectivity index (χ2v) is 3.33. The van der Waals surface area contributed by atoms with Crippen molar-refractivity contribution in [2.24, 2.45) is 0 Å². The highest BCUT2D eigenvalue weighted by Gasteiger charge is 2.24. The monoisotopic (exact) mass is 194 g/mol. The van der Waals surface area contributed by atoms with Gasteiger partial charge in [0.1, 0.15) is 0 Å². The molecule has 5 heteroatoms. The van der Waals surface area contributed by atoms with Crippen LogP contribution in [0.4, 0.5) is 11.4 Å². The van der Waals surface area contributed by atoms with E-state index in [0.29, 0.717) is 13.1 Å². The second kappa shape index (κ2) is 3.26. The molecule has 1 heterocycles. The Bertz CT molecular complexity index is 344. The Morgan fingerprint density at radius 3 is 2.36 bits per heavy atom. The van der Waals surface area contributed by atoms with Crippen molar-refractivity contribution in [3.63, 3.8) is 0 Å². The SMILES string of the molecule is O=[N+]([O-])c1ccc(N2CC(O)C2)cc1. The van der Waals surface area contributed by atoms with E-state index in [1.54, 1.807) is 12.1 Å². The molecule has 0 atom stereocenters. The Kier molecular flexibility index (Phi) is 2.09. The van der Waals surface area contributed by atoms with E-state index in [9.17, 15) is 10.1 Å². The summed E-state index contributed by atoms with van der Waals surface area (Å²) in [6, 6.07) is 6.34. The van der Waals surface area contributed by atoms with Crippen LogP contribution in [0.3, 0.4) is 0 Å². The van der Waals surface area contributed by atoms with Gasteiger partial charge in [-0.1, -0.05) is 0 Å². The molecule has 1 saturated heterocycles. The maximum absolute atomic E-state index is 10.4. The van der Waals surface area contributed by atoms with E-state index in [1.165, 1.54) is 12.1 Å². The molecule has 0 unspecified atom stereocenters. The Balaban J connectivity index is 2.10. The van der Waals surface area contributed by atoms with Crippen LogP contribution in [0.25, 0.3) is 0 Å². The van der Waals surface area contributed by atoms with Gasteiger partial charge in [0.2, 0.25) is 0 Å². The number of hydrogen-bond donors (Lipinski definition) is 1. The van der Waals surface area contributed by atoms with Crippen LogP contribution in [-0.4, -0.2) is 29.2 Å². The Morgan fingerprint density at radius 2 is 1.93 bits per heavy atom. The third-order valence-corrected chi connectivity index (χ3v) is 2.29. The van der Waals surface area contributed by atoms with Crippen LogP contribution < -0.4 is 4.90 Å². The zero-order valence-corrected chi connectivity index (χ0v) is 7.46. The molecular formula is C9H10N2O3. The maximum Gasteiger partial charge on any atom is 0.269 e. The molecule has 5 nitrogen and oxygen atoms in total. The van der Waals surface area contributed by atoms with E-state index in [0.717, 1.165) is 5.69 Å². The van der Waals surface area contributed by atoms with E-state index in [-0.39, 0.29) is 11.8 Å². The fraction of sp³-hybridized carbons (Fsp3) is 0.333. The number of benzene rings is 1. The van der Waals surface area contributed by atoms with Crippen molar-refractivity contribution in [3.8, 4) is 0 Å². The molecule has 0 aliphatic carbocycles. The van der Waals surface area contributed by atoms with Gasteiger partial charge in [0, 0.05) is 30.9 Å². The first-order valence-electron chi connectivity index (χ1n) is 4.34. The van der Waals surface area contributed by atoms with Crippen molar-refractivity contribution < 1.29 is 10.0 Å². The van der Waals surface area contributed by atoms with Crippen LogP contribution in [-0.2, 0) is 0 Å². The fourth-order valence-electron chi connectivity index (χ4n) is 1.45. The van der Waals surface area contributed by atoms with Crippen molar-refractivity contribution >= 4 is 11.4 Å². The quantitative estimate of drug-likeness (QED) is 0.558. The van der Waals surface area contributed by atoms with Crippen molar-refractivity contribution in [2.75, 3.05) is 18.0 Å². The topological polar surface area (TPSA) is 66.6 Å². The van der Waals surface area contributed by atoms with Gasteiger partial charge in [0.25, 0.3) is 5.69 Å². The van der Waals surface area contributed by atoms with Crippen molar-refractivity contribution in [1.82, 2.24) is 0 Å². The molecule has 0 aromatic heterocycles. The minimum absolute atomic E-state index is 0.0924. The zero-order chi connectivity index (χ0) is 10.1. The lowest BCUT2D eigenvalue weighted by Gasteiger charge is -2.37. The average molecular weight is 194 g/mol. The third kappa shape index (κ3) is 1.54. The van der Waals surface area contributed by atoms with E-state index in [2.05, 4.69) is 0 Å². The lowest BCUT2D eigenvalue weighted by Crippen LogP contribution is -2.50. The van der Waals surface area contributed by atoms with Crippen LogP contribution >= 0.6 is 0 Å². The standard InChI is InChI=1S/C9H10N2O3/c12-9-5-10(6-9)7-1-3-8(4-2-7)11(13)14/h1-4,9,12H,5-6H2. The molecule has 1 aliphatic rings. The van der Waals surface area contributed by atoms with Crippen LogP contribution in [0.15, 0.2) is 24.3 Å². The summed E-state index contributed by atoms with van der Waals surface area (Å²) in [5.74, 6) is 0. The van der Waals surface area contributed by atoms with Crippen LogP contribution in [0, 0.1) is 10.1 Å². The van der Waals surface area contributed by atoms with Gasteiger partial charge in [-0.25, -0.2) is 0 Å². The average Bonchev–Trinajstić information content (AvgIpc) is 2.13. The van der Waals surface area contributed by atoms with Gasteiger partial charge in [-0.2, -0.15) is 0 Å². The van der Waals surface area contributed by atoms with E-state index in [4.69, 9.17) is 5.11 Å². The number of hydrogen-bond acceptors (Lipinski definition) is 4. The van der Waals surface area contributed by atoms with Crippen molar-refractivity contribution in [3.05, 3.63) is 34.4 Å². The minimum Gasteiger partial charge on any atom is -0.389 e. The number of anilines is 1. The fourth-order valence-corrected chi connectivity index (χ4v) is 1.45. The van der Waals surface area contributed by atoms with Crippen LogP contribution in [0.1, 0.15) is 0 Å². The summed E-state index contributed by atoms with van der Waals surface area (Å²) in [7, 11) is 0. The highest BCUT2D eigenvalue weighted by Crippen LogP contribution is 2.23. The number of β-amino-alcohol motifs (C(OH)–C–C–N with tert-alkyl or cyclic N) is 1. The van der Waals surface area contributed by atoms with Crippen molar-refractivity contribution in [1.29, 1.82) is 0 Å². The number of non-ortho nitro benzene ring substituents is 1. The number of nitrogens with zero attached hydrogens (tertiary/aromatic N) is 2. The summed E-state index contributed by atoms with van der Waals surface area (Å²) >= 11 is 0. The molecular weight excluding hydrogens is 184 g/mol. The highest BCUT2D eigenvalue weighted by molar-refractivity contribution is 5.52. The molecule has 0 bridgehead atoms. The molecule has 1 aromatic carbocycles. The number of aliphatic hydroxyl groups excluding tert-OH is 1. The summed E-state index contributed by atoms with van der Waals surface area (Å²) in [6.07, 6.45) is -0.259. The Morgan fingerprint density at radius 1 is 1.36 bits per heavy atom. The predicted octanol–water partition coefficient (Wildman–Crippen LogP) is 0.776. The second-order valence-electron chi connectivity index (χ2n) is 3.33. The molecule has 74 valence electrons. The summed E-state index contributed by atoms with van der Waals surface area (Å²) in [5.41, 5.74) is 1.01. The van der Waals surface area contributed by atoms with Crippen LogP contribution in [0.5, 0.6) is 0 Å². The van der Waals surface area contributed by atoms with Crippen molar-refractivity contribution in [2.45, 2.75) is 6.10 Å². The van der Waals surface area contributed by atoms with E-state index in [1.807, 2.05) is 4.90 Å². The summed E-state index contributed by atoms with van der Waals surface area (Å²) in [5, 5.41) is 19.4. The molecule has 1 aromatic rings. The summed E-state index contributed by atoms with van der Waals surface area (Å²) < 4.78 is 0. The summed E-state index contributed by atoms with van der Waals surface area (Å²) in [4.78, 5) is 11.9. The molecule has 0 amide bonds. The minimum atomic E-state index is -0.422. The van der Waals surface area contributed by atoms with Gasteiger partial charge in [-0.05, 0) is 12.1 Å². The van der Waals surface area contributed by atoms with Gasteiger partial charge < -0.3 is 10.0 Å². The Hall–Kier alpha value is -1.62. The first kappa shape index (κ1) is 8.96. The normalized spacial score (nSPS) is 16.5. The highest BCUT2D eigenvalue weighted by atomic mass is 16.6. The smallest absolute Gasteiger partial charge is 0.269 e. The molecule has 2 rings (SSSR count). The molecule has 1 fully saturated rings. The van der Waals surface area contributed by atoms with Gasteiger partial charge in [-0.15, -0.1) is 0 Å². The first-order valence-corrected chi connectivity index (χ1v) is 4.34. The van der Waals surface area contributed by atoms with Crippen LogP contribution in [0.2, 0.25) is 0 Å². The summed E-state index contributed by atoms with van der Waals surface area (Å²) in [6.45, 7) is 1.22. The molecule has 0 radical (unpaired) electrons. The number of aliphatic hydroxyl groups is 1. The number of rotatable bonds is 2. The van der Waals surface area contributed by atoms with E-state index >= 15 is 0 Å². The predicted molar refractivity (Wildman–Crippen MR) is 51.3 cm³/mol. The van der Waals surface area contributed by atoms with Gasteiger partial charge in [0.05, 0.1) is 11.0 Å². The Labute approximate surface area is 80.7 Å². The van der Waals surface area contributed by atoms with Gasteiger partial charge in [0.15, 0.2) is 0 Å². The zero-order valence-electron chi connectivity index (χ0n) is 7.46. The molecule has 1 aliphatic heterocycles. The van der Waals surface area contributed by atoms with Gasteiger partial charge in [-0.3, -0.25) is 10.1 Å². The number of nitro groups is 1. The lowest BCUT2D eigenvalue weighted by molar-refractivity contribution is -0.384.